The smallest absolute Gasteiger partial charge is 0.251 e. The van der Waals surface area contributed by atoms with Gasteiger partial charge in [-0.3, -0.25) is 9.89 Å². The standard InChI is InChI=1S/C24H30N6O2/c31-24(28-17-7-2-1-3-8-17)16-6-4-10-19(14-16)32-20-11-13-26-22-21(20)23(30-29-22)27-18-9-5-12-25-15-18/h4,6,10-11,13-14,17-18,25H,1-3,5,7-9,12,15H2,(H,28,31)(H2,26,27,29,30). The van der Waals surface area contributed by atoms with Crippen LogP contribution < -0.4 is 20.7 Å². The summed E-state index contributed by atoms with van der Waals surface area (Å²) in [5.74, 6) is 1.96. The number of nitrogens with one attached hydrogen (secondary N) is 4. The Hall–Kier alpha value is -3.13. The van der Waals surface area contributed by atoms with Crippen LogP contribution in [0.25, 0.3) is 11.0 Å². The summed E-state index contributed by atoms with van der Waals surface area (Å²) in [7, 11) is 0. The second-order valence-corrected chi connectivity index (χ2v) is 8.73. The molecule has 32 heavy (non-hydrogen) atoms. The fourth-order valence-corrected chi connectivity index (χ4v) is 4.62. The lowest BCUT2D eigenvalue weighted by molar-refractivity contribution is 0.0927. The second kappa shape index (κ2) is 9.56. The van der Waals surface area contributed by atoms with E-state index in [0.717, 1.165) is 50.0 Å². The quantitative estimate of drug-likeness (QED) is 0.468. The van der Waals surface area contributed by atoms with Gasteiger partial charge in [0.2, 0.25) is 0 Å². The molecule has 0 radical (unpaired) electrons. The summed E-state index contributed by atoms with van der Waals surface area (Å²) in [6.45, 7) is 1.96. The number of ether oxygens (including phenoxy) is 1. The molecule has 168 valence electrons. The third-order valence-corrected chi connectivity index (χ3v) is 6.33. The Labute approximate surface area is 187 Å². The molecule has 2 aromatic heterocycles. The molecule has 2 aliphatic rings. The van der Waals surface area contributed by atoms with Gasteiger partial charge in [0.25, 0.3) is 5.91 Å². The van der Waals surface area contributed by atoms with Crippen molar-refractivity contribution in [3.05, 3.63) is 42.1 Å². The predicted molar refractivity (Wildman–Crippen MR) is 124 cm³/mol. The van der Waals surface area contributed by atoms with Crippen molar-refractivity contribution < 1.29 is 9.53 Å². The molecule has 1 aliphatic carbocycles. The van der Waals surface area contributed by atoms with Gasteiger partial charge >= 0.3 is 0 Å². The first kappa shape index (κ1) is 20.8. The van der Waals surface area contributed by atoms with Gasteiger partial charge < -0.3 is 20.7 Å². The number of aromatic amines is 1. The summed E-state index contributed by atoms with van der Waals surface area (Å²) >= 11 is 0. The molecule has 4 N–H and O–H groups in total. The number of rotatable bonds is 6. The number of benzene rings is 1. The first-order valence-corrected chi connectivity index (χ1v) is 11.7. The van der Waals surface area contributed by atoms with Gasteiger partial charge in [-0.15, -0.1) is 0 Å². The number of pyridine rings is 1. The molecule has 3 heterocycles. The van der Waals surface area contributed by atoms with Crippen LogP contribution in [0.5, 0.6) is 11.5 Å². The van der Waals surface area contributed by atoms with Crippen molar-refractivity contribution in [2.75, 3.05) is 18.4 Å². The normalized spacial score (nSPS) is 19.6. The highest BCUT2D eigenvalue weighted by molar-refractivity contribution is 5.95. The van der Waals surface area contributed by atoms with Gasteiger partial charge in [-0.25, -0.2) is 4.98 Å². The van der Waals surface area contributed by atoms with Crippen molar-refractivity contribution in [2.45, 2.75) is 57.0 Å². The zero-order valence-electron chi connectivity index (χ0n) is 18.2. The SMILES string of the molecule is O=C(NC1CCCCC1)c1cccc(Oc2ccnc3[nH]nc(NC4CCCNC4)c23)c1. The van der Waals surface area contributed by atoms with Gasteiger partial charge in [0.1, 0.15) is 16.9 Å². The van der Waals surface area contributed by atoms with E-state index in [1.54, 1.807) is 12.3 Å². The molecule has 8 nitrogen and oxygen atoms in total. The molecule has 1 aliphatic heterocycles. The number of carbonyl (C=O) groups is 1. The highest BCUT2D eigenvalue weighted by atomic mass is 16.5. The lowest BCUT2D eigenvalue weighted by Gasteiger charge is -2.24. The minimum atomic E-state index is -0.0438. The summed E-state index contributed by atoms with van der Waals surface area (Å²) in [5, 5.41) is 18.3. The van der Waals surface area contributed by atoms with Crippen LogP contribution in [-0.2, 0) is 0 Å². The average Bonchev–Trinajstić information content (AvgIpc) is 3.24. The van der Waals surface area contributed by atoms with Crippen LogP contribution in [0.1, 0.15) is 55.3 Å². The summed E-state index contributed by atoms with van der Waals surface area (Å²) < 4.78 is 6.22. The number of nitrogens with zero attached hydrogens (tertiary/aromatic N) is 2. The number of carbonyl (C=O) groups excluding carboxylic acids is 1. The number of aromatic nitrogens is 3. The van der Waals surface area contributed by atoms with Crippen molar-refractivity contribution in [1.82, 2.24) is 25.8 Å². The van der Waals surface area contributed by atoms with Gasteiger partial charge in [-0.1, -0.05) is 25.3 Å². The fraction of sp³-hybridized carbons (Fsp3) is 0.458. The van der Waals surface area contributed by atoms with E-state index in [1.807, 2.05) is 24.3 Å². The van der Waals surface area contributed by atoms with Crippen molar-refractivity contribution >= 4 is 22.8 Å². The van der Waals surface area contributed by atoms with Crippen LogP contribution in [0.4, 0.5) is 5.82 Å². The topological polar surface area (TPSA) is 104 Å². The van der Waals surface area contributed by atoms with Crippen LogP contribution in [0.3, 0.4) is 0 Å². The van der Waals surface area contributed by atoms with E-state index in [9.17, 15) is 4.79 Å². The molecular formula is C24H30N6O2. The molecule has 1 aromatic carbocycles. The van der Waals surface area contributed by atoms with Crippen LogP contribution in [0.15, 0.2) is 36.5 Å². The molecule has 3 aromatic rings. The molecule has 1 amide bonds. The Kier molecular flexibility index (Phi) is 6.20. The highest BCUT2D eigenvalue weighted by Gasteiger charge is 2.20. The van der Waals surface area contributed by atoms with E-state index in [4.69, 9.17) is 4.74 Å². The van der Waals surface area contributed by atoms with Crippen LogP contribution in [-0.4, -0.2) is 46.3 Å². The van der Waals surface area contributed by atoms with Gasteiger partial charge in [-0.2, -0.15) is 5.10 Å². The molecule has 8 heteroatoms. The molecule has 1 atom stereocenters. The highest BCUT2D eigenvalue weighted by Crippen LogP contribution is 2.33. The third kappa shape index (κ3) is 4.70. The summed E-state index contributed by atoms with van der Waals surface area (Å²) in [6.07, 6.45) is 9.68. The lowest BCUT2D eigenvalue weighted by atomic mass is 9.95. The number of hydrogen-bond donors (Lipinski definition) is 4. The fourth-order valence-electron chi connectivity index (χ4n) is 4.62. The van der Waals surface area contributed by atoms with Crippen LogP contribution in [0, 0.1) is 0 Å². The Balaban J connectivity index is 1.34. The van der Waals surface area contributed by atoms with E-state index in [1.165, 1.54) is 19.3 Å². The monoisotopic (exact) mass is 434 g/mol. The Bertz CT molecular complexity index is 1070. The van der Waals surface area contributed by atoms with E-state index < -0.39 is 0 Å². The maximum absolute atomic E-state index is 12.8. The predicted octanol–water partition coefficient (Wildman–Crippen LogP) is 3.98. The average molecular weight is 435 g/mol. The summed E-state index contributed by atoms with van der Waals surface area (Å²) in [6, 6.07) is 9.76. The third-order valence-electron chi connectivity index (χ3n) is 6.33. The van der Waals surface area contributed by atoms with Gasteiger partial charge in [0.05, 0.1) is 0 Å². The Morgan fingerprint density at radius 2 is 1.94 bits per heavy atom. The number of H-pyrrole nitrogens is 1. The maximum atomic E-state index is 12.8. The van der Waals surface area contributed by atoms with E-state index in [2.05, 4.69) is 31.1 Å². The van der Waals surface area contributed by atoms with Gasteiger partial charge in [0, 0.05) is 36.5 Å². The number of piperidine rings is 1. The first-order chi connectivity index (χ1) is 15.8. The van der Waals surface area contributed by atoms with E-state index in [0.29, 0.717) is 28.8 Å². The molecular weight excluding hydrogens is 404 g/mol. The molecule has 5 rings (SSSR count). The minimum Gasteiger partial charge on any atom is -0.456 e. The van der Waals surface area contributed by atoms with Crippen LogP contribution >= 0.6 is 0 Å². The van der Waals surface area contributed by atoms with Gasteiger partial charge in [0.15, 0.2) is 11.5 Å². The molecule has 0 spiro atoms. The number of fused-ring (bicyclic) bond motifs is 1. The van der Waals surface area contributed by atoms with Crippen molar-refractivity contribution in [1.29, 1.82) is 0 Å². The number of hydrogen-bond acceptors (Lipinski definition) is 6. The van der Waals surface area contributed by atoms with Crippen molar-refractivity contribution in [3.63, 3.8) is 0 Å². The summed E-state index contributed by atoms with van der Waals surface area (Å²) in [4.78, 5) is 17.1. The van der Waals surface area contributed by atoms with E-state index >= 15 is 0 Å². The summed E-state index contributed by atoms with van der Waals surface area (Å²) in [5.41, 5.74) is 1.28. The zero-order chi connectivity index (χ0) is 21.8. The lowest BCUT2D eigenvalue weighted by Crippen LogP contribution is -2.38. The Morgan fingerprint density at radius 3 is 2.78 bits per heavy atom. The van der Waals surface area contributed by atoms with Crippen molar-refractivity contribution in [3.8, 4) is 11.5 Å². The molecule has 0 bridgehead atoms. The zero-order valence-corrected chi connectivity index (χ0v) is 18.2. The first-order valence-electron chi connectivity index (χ1n) is 11.7. The second-order valence-electron chi connectivity index (χ2n) is 8.73. The molecule has 1 saturated heterocycles. The number of anilines is 1. The molecule has 1 saturated carbocycles. The van der Waals surface area contributed by atoms with E-state index in [-0.39, 0.29) is 11.9 Å². The maximum Gasteiger partial charge on any atom is 0.251 e. The van der Waals surface area contributed by atoms with Crippen LogP contribution in [0.2, 0.25) is 0 Å². The largest absolute Gasteiger partial charge is 0.456 e. The Morgan fingerprint density at radius 1 is 1.06 bits per heavy atom. The minimum absolute atomic E-state index is 0.0438. The molecule has 1 unspecified atom stereocenters. The molecule has 2 fully saturated rings. The van der Waals surface area contributed by atoms with Crippen molar-refractivity contribution in [2.24, 2.45) is 0 Å². The number of amides is 1. The van der Waals surface area contributed by atoms with Gasteiger partial charge in [-0.05, 0) is 50.4 Å².